The largest absolute Gasteiger partial charge is 0.377 e. The zero-order valence-electron chi connectivity index (χ0n) is 7.88. The van der Waals surface area contributed by atoms with Gasteiger partial charge in [0.05, 0.1) is 6.10 Å². The minimum absolute atomic E-state index is 0.462. The fourth-order valence-electron chi connectivity index (χ4n) is 1.41. The zero-order chi connectivity index (χ0) is 8.65. The Bertz CT molecular complexity index is 128. The maximum atomic E-state index is 5.57. The first-order valence-electron chi connectivity index (χ1n) is 4.87. The lowest BCUT2D eigenvalue weighted by Crippen LogP contribution is -2.31. The third-order valence-corrected chi connectivity index (χ3v) is 2.14. The number of ether oxygens (including phenoxy) is 1. The molecule has 12 heavy (non-hydrogen) atoms. The maximum Gasteiger partial charge on any atom is 0.0699 e. The number of nitrogens with one attached hydrogen (secondary N) is 1. The van der Waals surface area contributed by atoms with Crippen molar-refractivity contribution in [2.24, 2.45) is 0 Å². The fraction of sp³-hybridized carbons (Fsp3) is 0.800. The van der Waals surface area contributed by atoms with Crippen molar-refractivity contribution in [2.45, 2.75) is 32.3 Å². The van der Waals surface area contributed by atoms with Crippen LogP contribution >= 0.6 is 0 Å². The lowest BCUT2D eigenvalue weighted by atomic mass is 10.1. The van der Waals surface area contributed by atoms with E-state index in [1.54, 1.807) is 0 Å². The fourth-order valence-corrected chi connectivity index (χ4v) is 1.41. The Morgan fingerprint density at radius 3 is 3.08 bits per heavy atom. The number of hydrogen-bond acceptors (Lipinski definition) is 2. The molecule has 0 amide bonds. The van der Waals surface area contributed by atoms with E-state index >= 15 is 0 Å². The molecule has 0 bridgehead atoms. The Labute approximate surface area is 75.0 Å². The first-order valence-corrected chi connectivity index (χ1v) is 4.87. The van der Waals surface area contributed by atoms with Crippen LogP contribution in [0.1, 0.15) is 26.2 Å². The Kier molecular flexibility index (Phi) is 5.04. The molecule has 2 heteroatoms. The monoisotopic (exact) mass is 169 g/mol. The van der Waals surface area contributed by atoms with E-state index in [9.17, 15) is 0 Å². The van der Waals surface area contributed by atoms with E-state index in [2.05, 4.69) is 17.5 Å². The maximum absolute atomic E-state index is 5.57. The highest BCUT2D eigenvalue weighted by molar-refractivity contribution is 4.80. The number of allylic oxidation sites excluding steroid dienone is 1. The Hall–Kier alpha value is -0.340. The summed E-state index contributed by atoms with van der Waals surface area (Å²) in [6.45, 7) is 4.97. The van der Waals surface area contributed by atoms with Crippen LogP contribution in [0.4, 0.5) is 0 Å². The summed E-state index contributed by atoms with van der Waals surface area (Å²) < 4.78 is 5.57. The SMILES string of the molecule is C/C=C/CNCC1CCCCO1. The molecule has 1 rings (SSSR count). The van der Waals surface area contributed by atoms with Gasteiger partial charge < -0.3 is 10.1 Å². The second kappa shape index (κ2) is 6.21. The van der Waals surface area contributed by atoms with Gasteiger partial charge in [0, 0.05) is 19.7 Å². The van der Waals surface area contributed by atoms with E-state index in [0.29, 0.717) is 6.10 Å². The van der Waals surface area contributed by atoms with Gasteiger partial charge in [-0.1, -0.05) is 12.2 Å². The molecule has 0 aromatic heterocycles. The van der Waals surface area contributed by atoms with Crippen molar-refractivity contribution < 1.29 is 4.74 Å². The lowest BCUT2D eigenvalue weighted by Gasteiger charge is -2.22. The van der Waals surface area contributed by atoms with Crippen LogP contribution in [0.15, 0.2) is 12.2 Å². The molecular formula is C10H19NO. The average Bonchev–Trinajstić information content (AvgIpc) is 2.14. The highest BCUT2D eigenvalue weighted by atomic mass is 16.5. The van der Waals surface area contributed by atoms with Crippen molar-refractivity contribution >= 4 is 0 Å². The Morgan fingerprint density at radius 1 is 1.50 bits per heavy atom. The van der Waals surface area contributed by atoms with Gasteiger partial charge in [-0.25, -0.2) is 0 Å². The molecular weight excluding hydrogens is 150 g/mol. The predicted molar refractivity (Wildman–Crippen MR) is 51.3 cm³/mol. The van der Waals surface area contributed by atoms with Crippen LogP contribution in [0.3, 0.4) is 0 Å². The summed E-state index contributed by atoms with van der Waals surface area (Å²) in [5, 5.41) is 3.34. The molecule has 0 spiro atoms. The highest BCUT2D eigenvalue weighted by Gasteiger charge is 2.11. The molecule has 0 aromatic carbocycles. The summed E-state index contributed by atoms with van der Waals surface area (Å²) in [6, 6.07) is 0. The minimum atomic E-state index is 0.462. The van der Waals surface area contributed by atoms with Gasteiger partial charge in [0.15, 0.2) is 0 Å². The molecule has 1 fully saturated rings. The van der Waals surface area contributed by atoms with E-state index in [1.165, 1.54) is 19.3 Å². The zero-order valence-corrected chi connectivity index (χ0v) is 7.88. The quantitative estimate of drug-likeness (QED) is 0.511. The van der Waals surface area contributed by atoms with Crippen molar-refractivity contribution in [1.29, 1.82) is 0 Å². The van der Waals surface area contributed by atoms with Crippen LogP contribution in [0.2, 0.25) is 0 Å². The van der Waals surface area contributed by atoms with Crippen LogP contribution in [-0.2, 0) is 4.74 Å². The molecule has 1 aliphatic heterocycles. The van der Waals surface area contributed by atoms with Gasteiger partial charge in [0.25, 0.3) is 0 Å². The van der Waals surface area contributed by atoms with E-state index in [1.807, 2.05) is 6.92 Å². The molecule has 1 unspecified atom stereocenters. The third-order valence-electron chi connectivity index (χ3n) is 2.14. The van der Waals surface area contributed by atoms with Crippen molar-refractivity contribution in [3.8, 4) is 0 Å². The van der Waals surface area contributed by atoms with Crippen LogP contribution < -0.4 is 5.32 Å². The molecule has 2 nitrogen and oxygen atoms in total. The first-order chi connectivity index (χ1) is 5.93. The van der Waals surface area contributed by atoms with Gasteiger partial charge >= 0.3 is 0 Å². The van der Waals surface area contributed by atoms with E-state index in [-0.39, 0.29) is 0 Å². The van der Waals surface area contributed by atoms with Crippen LogP contribution in [0.5, 0.6) is 0 Å². The van der Waals surface area contributed by atoms with Crippen LogP contribution in [-0.4, -0.2) is 25.8 Å². The molecule has 1 saturated heterocycles. The Balaban J connectivity index is 1.97. The first kappa shape index (κ1) is 9.75. The molecule has 0 saturated carbocycles. The Morgan fingerprint density at radius 2 is 2.42 bits per heavy atom. The van der Waals surface area contributed by atoms with Crippen molar-refractivity contribution in [3.05, 3.63) is 12.2 Å². The standard InChI is InChI=1S/C10H19NO/c1-2-3-7-11-9-10-6-4-5-8-12-10/h2-3,10-11H,4-9H2,1H3/b3-2+. The van der Waals surface area contributed by atoms with E-state index in [0.717, 1.165) is 19.7 Å². The topological polar surface area (TPSA) is 21.3 Å². The second-order valence-electron chi connectivity index (χ2n) is 3.22. The molecule has 0 radical (unpaired) electrons. The molecule has 70 valence electrons. The van der Waals surface area contributed by atoms with Gasteiger partial charge in [-0.05, 0) is 26.2 Å². The van der Waals surface area contributed by atoms with Gasteiger partial charge in [0.2, 0.25) is 0 Å². The van der Waals surface area contributed by atoms with Crippen molar-refractivity contribution in [2.75, 3.05) is 19.7 Å². The van der Waals surface area contributed by atoms with Crippen molar-refractivity contribution in [1.82, 2.24) is 5.32 Å². The van der Waals surface area contributed by atoms with E-state index < -0.39 is 0 Å². The summed E-state index contributed by atoms with van der Waals surface area (Å²) >= 11 is 0. The molecule has 1 heterocycles. The normalized spacial score (nSPS) is 24.9. The average molecular weight is 169 g/mol. The number of hydrogen-bond donors (Lipinski definition) is 1. The second-order valence-corrected chi connectivity index (χ2v) is 3.22. The van der Waals surface area contributed by atoms with Gasteiger partial charge in [-0.15, -0.1) is 0 Å². The van der Waals surface area contributed by atoms with Crippen LogP contribution in [0, 0.1) is 0 Å². The predicted octanol–water partition coefficient (Wildman–Crippen LogP) is 1.72. The van der Waals surface area contributed by atoms with Gasteiger partial charge in [0.1, 0.15) is 0 Å². The molecule has 1 N–H and O–H groups in total. The smallest absolute Gasteiger partial charge is 0.0699 e. The molecule has 0 aliphatic carbocycles. The minimum Gasteiger partial charge on any atom is -0.377 e. The highest BCUT2D eigenvalue weighted by Crippen LogP contribution is 2.11. The summed E-state index contributed by atoms with van der Waals surface area (Å²) in [5.41, 5.74) is 0. The lowest BCUT2D eigenvalue weighted by molar-refractivity contribution is 0.0175. The molecule has 0 aromatic rings. The molecule has 1 atom stereocenters. The van der Waals surface area contributed by atoms with Crippen molar-refractivity contribution in [3.63, 3.8) is 0 Å². The number of rotatable bonds is 4. The summed E-state index contributed by atoms with van der Waals surface area (Å²) in [5.74, 6) is 0. The van der Waals surface area contributed by atoms with Crippen LogP contribution in [0.25, 0.3) is 0 Å². The van der Waals surface area contributed by atoms with Gasteiger partial charge in [-0.2, -0.15) is 0 Å². The van der Waals surface area contributed by atoms with E-state index in [4.69, 9.17) is 4.74 Å². The summed E-state index contributed by atoms with van der Waals surface area (Å²) in [7, 11) is 0. The molecule has 1 aliphatic rings. The summed E-state index contributed by atoms with van der Waals surface area (Å²) in [6.07, 6.45) is 8.45. The van der Waals surface area contributed by atoms with Gasteiger partial charge in [-0.3, -0.25) is 0 Å². The third kappa shape index (κ3) is 3.88. The summed E-state index contributed by atoms with van der Waals surface area (Å²) in [4.78, 5) is 0.